The summed E-state index contributed by atoms with van der Waals surface area (Å²) in [5.41, 5.74) is 2.32. The molecule has 0 amide bonds. The first-order valence-corrected chi connectivity index (χ1v) is 9.30. The van der Waals surface area contributed by atoms with Crippen LogP contribution < -0.4 is 5.32 Å². The molecule has 0 unspecified atom stereocenters. The SMILES string of the molecule is Cc1c[nH]c2c(N[C@@H]3CCCN(C)C3)nnc(-c3ccc(C(F)(F)F)cc3)c12. The Morgan fingerprint density at radius 1 is 1.18 bits per heavy atom. The van der Waals surface area contributed by atoms with E-state index in [9.17, 15) is 13.2 Å². The number of piperidine rings is 1. The smallest absolute Gasteiger partial charge is 0.363 e. The first kappa shape index (κ1) is 18.7. The highest BCUT2D eigenvalue weighted by Crippen LogP contribution is 2.34. The Kier molecular flexibility index (Phi) is 4.74. The zero-order valence-electron chi connectivity index (χ0n) is 15.8. The van der Waals surface area contributed by atoms with Crippen LogP contribution in [0.15, 0.2) is 30.5 Å². The van der Waals surface area contributed by atoms with Gasteiger partial charge in [-0.2, -0.15) is 13.2 Å². The number of anilines is 1. The Morgan fingerprint density at radius 2 is 1.93 bits per heavy atom. The predicted octanol–water partition coefficient (Wildman–Crippen LogP) is 4.46. The highest BCUT2D eigenvalue weighted by Gasteiger charge is 2.30. The number of nitrogens with one attached hydrogen (secondary N) is 2. The Balaban J connectivity index is 1.70. The summed E-state index contributed by atoms with van der Waals surface area (Å²) in [5, 5.41) is 13.1. The molecule has 0 saturated carbocycles. The number of aromatic nitrogens is 3. The molecule has 4 rings (SSSR count). The number of alkyl halides is 3. The van der Waals surface area contributed by atoms with Gasteiger partial charge >= 0.3 is 6.18 Å². The lowest BCUT2D eigenvalue weighted by molar-refractivity contribution is -0.137. The van der Waals surface area contributed by atoms with E-state index in [-0.39, 0.29) is 6.04 Å². The second-order valence-electron chi connectivity index (χ2n) is 7.44. The summed E-state index contributed by atoms with van der Waals surface area (Å²) in [7, 11) is 2.10. The number of benzene rings is 1. The fourth-order valence-corrected chi connectivity index (χ4v) is 3.81. The molecule has 1 fully saturated rings. The molecule has 148 valence electrons. The highest BCUT2D eigenvalue weighted by molar-refractivity contribution is 6.00. The molecular weight excluding hydrogens is 367 g/mol. The Hall–Kier alpha value is -2.61. The third-order valence-electron chi connectivity index (χ3n) is 5.25. The van der Waals surface area contributed by atoms with Crippen LogP contribution in [-0.4, -0.2) is 46.3 Å². The van der Waals surface area contributed by atoms with Crippen LogP contribution in [0, 0.1) is 6.92 Å². The van der Waals surface area contributed by atoms with Crippen molar-refractivity contribution >= 4 is 16.7 Å². The number of likely N-dealkylation sites (tertiary alicyclic amines) is 1. The van der Waals surface area contributed by atoms with Crippen LogP contribution in [0.2, 0.25) is 0 Å². The van der Waals surface area contributed by atoms with Crippen molar-refractivity contribution in [3.8, 4) is 11.3 Å². The van der Waals surface area contributed by atoms with E-state index >= 15 is 0 Å². The largest absolute Gasteiger partial charge is 0.416 e. The van der Waals surface area contributed by atoms with Crippen molar-refractivity contribution < 1.29 is 13.2 Å². The number of halogens is 3. The van der Waals surface area contributed by atoms with Gasteiger partial charge in [-0.15, -0.1) is 10.2 Å². The molecule has 1 aliphatic rings. The molecule has 0 radical (unpaired) electrons. The number of likely N-dealkylation sites (N-methyl/N-ethyl adjacent to an activating group) is 1. The van der Waals surface area contributed by atoms with Crippen LogP contribution in [0.4, 0.5) is 19.0 Å². The summed E-state index contributed by atoms with van der Waals surface area (Å²) < 4.78 is 38.5. The fraction of sp³-hybridized carbons (Fsp3) is 0.400. The summed E-state index contributed by atoms with van der Waals surface area (Å²) in [6.07, 6.45) is -0.295. The van der Waals surface area contributed by atoms with Gasteiger partial charge in [0.2, 0.25) is 0 Å². The monoisotopic (exact) mass is 389 g/mol. The number of hydrogen-bond acceptors (Lipinski definition) is 4. The number of H-pyrrole nitrogens is 1. The zero-order valence-corrected chi connectivity index (χ0v) is 15.8. The number of fused-ring (bicyclic) bond motifs is 1. The van der Waals surface area contributed by atoms with Gasteiger partial charge in [-0.05, 0) is 51.1 Å². The van der Waals surface area contributed by atoms with Crippen LogP contribution in [0.1, 0.15) is 24.0 Å². The van der Waals surface area contributed by atoms with Gasteiger partial charge in [-0.25, -0.2) is 0 Å². The van der Waals surface area contributed by atoms with Gasteiger partial charge in [-0.3, -0.25) is 0 Å². The topological polar surface area (TPSA) is 56.8 Å². The highest BCUT2D eigenvalue weighted by atomic mass is 19.4. The number of hydrogen-bond donors (Lipinski definition) is 2. The normalized spacial score (nSPS) is 18.5. The van der Waals surface area contributed by atoms with Gasteiger partial charge in [0.15, 0.2) is 5.82 Å². The second kappa shape index (κ2) is 7.09. The number of aromatic amines is 1. The average Bonchev–Trinajstić information content (AvgIpc) is 3.04. The molecule has 0 aliphatic carbocycles. The van der Waals surface area contributed by atoms with Crippen molar-refractivity contribution in [2.45, 2.75) is 32.0 Å². The number of nitrogens with zero attached hydrogens (tertiary/aromatic N) is 3. The maximum atomic E-state index is 12.8. The molecule has 28 heavy (non-hydrogen) atoms. The van der Waals surface area contributed by atoms with Crippen LogP contribution >= 0.6 is 0 Å². The molecule has 0 spiro atoms. The van der Waals surface area contributed by atoms with Crippen LogP contribution in [-0.2, 0) is 6.18 Å². The minimum atomic E-state index is -4.36. The minimum absolute atomic E-state index is 0.289. The van der Waals surface area contributed by atoms with Crippen molar-refractivity contribution in [3.63, 3.8) is 0 Å². The van der Waals surface area contributed by atoms with Crippen LogP contribution in [0.3, 0.4) is 0 Å². The summed E-state index contributed by atoms with van der Waals surface area (Å²) in [6.45, 7) is 3.98. The van der Waals surface area contributed by atoms with Gasteiger partial charge in [0.1, 0.15) is 5.69 Å². The van der Waals surface area contributed by atoms with Gasteiger partial charge in [0.25, 0.3) is 0 Å². The molecule has 1 saturated heterocycles. The standard InChI is InChI=1S/C20H22F3N5/c1-12-10-24-18-16(12)17(13-5-7-14(8-6-13)20(21,22)23)26-27-19(18)25-15-4-3-9-28(2)11-15/h5-8,10,15,24H,3-4,9,11H2,1-2H3,(H,25,27)/t15-/m1/s1. The van der Waals surface area contributed by atoms with E-state index in [1.165, 1.54) is 12.1 Å². The molecule has 1 aliphatic heterocycles. The zero-order chi connectivity index (χ0) is 19.9. The van der Waals surface area contributed by atoms with Gasteiger partial charge in [0, 0.05) is 29.7 Å². The second-order valence-corrected chi connectivity index (χ2v) is 7.44. The van der Waals surface area contributed by atoms with E-state index in [4.69, 9.17) is 0 Å². The molecule has 3 aromatic rings. The molecule has 8 heteroatoms. The average molecular weight is 389 g/mol. The van der Waals surface area contributed by atoms with E-state index in [1.54, 1.807) is 0 Å². The van der Waals surface area contributed by atoms with E-state index in [0.717, 1.165) is 54.5 Å². The molecule has 2 aromatic heterocycles. The third kappa shape index (κ3) is 3.56. The lowest BCUT2D eigenvalue weighted by Gasteiger charge is -2.30. The van der Waals surface area contributed by atoms with E-state index < -0.39 is 11.7 Å². The molecule has 1 aromatic carbocycles. The van der Waals surface area contributed by atoms with E-state index in [0.29, 0.717) is 17.1 Å². The Morgan fingerprint density at radius 3 is 2.61 bits per heavy atom. The first-order chi connectivity index (χ1) is 13.3. The van der Waals surface area contributed by atoms with Crippen molar-refractivity contribution in [2.24, 2.45) is 0 Å². The molecule has 1 atom stereocenters. The fourth-order valence-electron chi connectivity index (χ4n) is 3.81. The lowest BCUT2D eigenvalue weighted by atomic mass is 10.0. The summed E-state index contributed by atoms with van der Waals surface area (Å²) >= 11 is 0. The molecule has 2 N–H and O–H groups in total. The van der Waals surface area contributed by atoms with Crippen LogP contribution in [0.5, 0.6) is 0 Å². The number of aryl methyl sites for hydroxylation is 1. The van der Waals surface area contributed by atoms with Crippen molar-refractivity contribution in [1.29, 1.82) is 0 Å². The van der Waals surface area contributed by atoms with Crippen molar-refractivity contribution in [2.75, 3.05) is 25.5 Å². The summed E-state index contributed by atoms with van der Waals surface area (Å²) in [5.74, 6) is 0.680. The predicted molar refractivity (Wildman–Crippen MR) is 103 cm³/mol. The quantitative estimate of drug-likeness (QED) is 0.695. The van der Waals surface area contributed by atoms with Crippen molar-refractivity contribution in [1.82, 2.24) is 20.1 Å². The maximum Gasteiger partial charge on any atom is 0.416 e. The Labute approximate surface area is 161 Å². The third-order valence-corrected chi connectivity index (χ3v) is 5.25. The molecule has 5 nitrogen and oxygen atoms in total. The molecule has 3 heterocycles. The Bertz CT molecular complexity index is 978. The van der Waals surface area contributed by atoms with Crippen LogP contribution in [0.25, 0.3) is 22.2 Å². The van der Waals surface area contributed by atoms with Gasteiger partial charge < -0.3 is 15.2 Å². The lowest BCUT2D eigenvalue weighted by Crippen LogP contribution is -2.40. The van der Waals surface area contributed by atoms with Gasteiger partial charge in [0.05, 0.1) is 11.1 Å². The van der Waals surface area contributed by atoms with E-state index in [2.05, 4.69) is 32.4 Å². The first-order valence-electron chi connectivity index (χ1n) is 9.30. The maximum absolute atomic E-state index is 12.8. The molecular formula is C20H22F3N5. The van der Waals surface area contributed by atoms with E-state index in [1.807, 2.05) is 13.1 Å². The summed E-state index contributed by atoms with van der Waals surface area (Å²) in [6, 6.07) is 5.34. The van der Waals surface area contributed by atoms with Crippen molar-refractivity contribution in [3.05, 3.63) is 41.6 Å². The number of rotatable bonds is 3. The molecule has 0 bridgehead atoms. The minimum Gasteiger partial charge on any atom is -0.363 e. The van der Waals surface area contributed by atoms with Gasteiger partial charge in [-0.1, -0.05) is 12.1 Å². The summed E-state index contributed by atoms with van der Waals surface area (Å²) in [4.78, 5) is 5.52.